The quantitative estimate of drug-likeness (QED) is 0.181. The first-order valence-corrected chi connectivity index (χ1v) is 20.6. The van der Waals surface area contributed by atoms with E-state index in [2.05, 4.69) is 21.3 Å². The number of carboxylic acid groups (broad SMARTS) is 1. The summed E-state index contributed by atoms with van der Waals surface area (Å²) in [6.45, 7) is 1.74. The summed E-state index contributed by atoms with van der Waals surface area (Å²) in [5.41, 5.74) is 1.19. The lowest BCUT2D eigenvalue weighted by molar-refractivity contribution is -0.146. The van der Waals surface area contributed by atoms with Crippen LogP contribution in [0.25, 0.3) is 0 Å². The summed E-state index contributed by atoms with van der Waals surface area (Å²) in [4.78, 5) is 109. The van der Waals surface area contributed by atoms with Gasteiger partial charge in [0.25, 0.3) is 5.91 Å². The van der Waals surface area contributed by atoms with Crippen molar-refractivity contribution in [3.63, 3.8) is 0 Å². The number of rotatable bonds is 13. The molecule has 2 unspecified atom stereocenters. The topological polar surface area (TPSA) is 230 Å². The summed E-state index contributed by atoms with van der Waals surface area (Å²) >= 11 is 0. The van der Waals surface area contributed by atoms with Crippen LogP contribution < -0.4 is 26.0 Å². The second-order valence-electron chi connectivity index (χ2n) is 15.8. The van der Waals surface area contributed by atoms with Crippen LogP contribution in [0.4, 0.5) is 0 Å². The first kappa shape index (κ1) is 45.2. The molecule has 2 aromatic rings. The van der Waals surface area contributed by atoms with Crippen molar-refractivity contribution in [2.75, 3.05) is 40.4 Å². The van der Waals surface area contributed by atoms with E-state index in [9.17, 15) is 43.5 Å². The van der Waals surface area contributed by atoms with Crippen LogP contribution in [0.2, 0.25) is 0 Å². The fourth-order valence-electron chi connectivity index (χ4n) is 7.96. The maximum absolute atomic E-state index is 14.6. The molecule has 3 aliphatic rings. The van der Waals surface area contributed by atoms with E-state index in [1.807, 2.05) is 0 Å². The molecule has 60 heavy (non-hydrogen) atoms. The maximum atomic E-state index is 14.6. The Morgan fingerprint density at radius 1 is 0.950 bits per heavy atom. The average molecular weight is 833 g/mol. The number of hydrogen-bond donors (Lipinski definition) is 5. The number of carbonyl (C=O) groups is 8. The van der Waals surface area contributed by atoms with Gasteiger partial charge in [0.05, 0.1) is 44.2 Å². The van der Waals surface area contributed by atoms with Crippen LogP contribution in [0.1, 0.15) is 75.5 Å². The van der Waals surface area contributed by atoms with Crippen molar-refractivity contribution in [2.45, 2.75) is 95.0 Å². The molecule has 2 fully saturated rings. The molecular weight excluding hydrogens is 777 g/mol. The summed E-state index contributed by atoms with van der Waals surface area (Å²) in [5.74, 6) is -6.21. The van der Waals surface area contributed by atoms with Crippen LogP contribution in [0.5, 0.6) is 5.75 Å². The van der Waals surface area contributed by atoms with Gasteiger partial charge in [-0.15, -0.1) is 0 Å². The molecule has 0 aromatic heterocycles. The largest absolute Gasteiger partial charge is 0.493 e. The van der Waals surface area contributed by atoms with Gasteiger partial charge < -0.3 is 45.6 Å². The third-order valence-electron chi connectivity index (χ3n) is 11.2. The third-order valence-corrected chi connectivity index (χ3v) is 11.2. The molecule has 6 amide bonds. The number of fused-ring (bicyclic) bond motifs is 4. The first-order valence-electron chi connectivity index (χ1n) is 20.6. The number of ketones is 1. The number of amides is 6. The predicted molar refractivity (Wildman–Crippen MR) is 216 cm³/mol. The number of ether oxygens (including phenoxy) is 2. The highest BCUT2D eigenvalue weighted by molar-refractivity contribution is 6.38. The van der Waals surface area contributed by atoms with Gasteiger partial charge >= 0.3 is 5.97 Å². The predicted octanol–water partition coefficient (Wildman–Crippen LogP) is 1.29. The van der Waals surface area contributed by atoms with Gasteiger partial charge in [-0.3, -0.25) is 38.4 Å². The zero-order valence-electron chi connectivity index (χ0n) is 34.4. The van der Waals surface area contributed by atoms with E-state index in [0.717, 1.165) is 0 Å². The Balaban J connectivity index is 1.30. The number of hydrogen-bond acceptors (Lipinski definition) is 10. The third kappa shape index (κ3) is 12.1. The van der Waals surface area contributed by atoms with Gasteiger partial charge in [-0.25, -0.2) is 0 Å². The molecule has 1 aliphatic carbocycles. The Morgan fingerprint density at radius 3 is 2.37 bits per heavy atom. The van der Waals surface area contributed by atoms with Gasteiger partial charge in [0.1, 0.15) is 23.9 Å². The number of aliphatic carboxylic acids is 1. The Morgan fingerprint density at radius 2 is 1.68 bits per heavy atom. The lowest BCUT2D eigenvalue weighted by Gasteiger charge is -2.36. The number of benzene rings is 2. The second-order valence-corrected chi connectivity index (χ2v) is 15.8. The van der Waals surface area contributed by atoms with Crippen molar-refractivity contribution in [1.29, 1.82) is 0 Å². The van der Waals surface area contributed by atoms with Gasteiger partial charge in [0.2, 0.25) is 35.3 Å². The van der Waals surface area contributed by atoms with Crippen LogP contribution >= 0.6 is 0 Å². The van der Waals surface area contributed by atoms with Gasteiger partial charge in [0.15, 0.2) is 0 Å². The van der Waals surface area contributed by atoms with E-state index in [-0.39, 0.29) is 32.4 Å². The van der Waals surface area contributed by atoms with E-state index >= 15 is 0 Å². The van der Waals surface area contributed by atoms with Crippen molar-refractivity contribution >= 4 is 47.2 Å². The number of Topliss-reactive ketones (excluding diaryl/α,β-unsaturated/α-hetero) is 1. The van der Waals surface area contributed by atoms with E-state index in [0.29, 0.717) is 62.0 Å². The molecule has 5 atom stereocenters. The Hall–Kier alpha value is -5.84. The fourth-order valence-corrected chi connectivity index (χ4v) is 7.96. The number of likely N-dealkylation sites (N-methyl/N-ethyl adjacent to an activating group) is 1. The number of carbonyl (C=O) groups excluding carboxylic acids is 7. The SMILES string of the molecule is CCCC(NC(=O)[C@@H]1C[C@@H]2CN1C(=O)C(C1CCC(C(=O)O)CC1)NC(=O)Cc1cccc(c1)OCCCO2)C(=O)C(=O)NCC(=O)N[C@H](C(=O)N(C)C)c1ccccc1. The smallest absolute Gasteiger partial charge is 0.306 e. The van der Waals surface area contributed by atoms with Crippen LogP contribution in [-0.4, -0.2) is 127 Å². The van der Waals surface area contributed by atoms with Crippen molar-refractivity contribution in [3.8, 4) is 5.75 Å². The Bertz CT molecular complexity index is 1880. The van der Waals surface area contributed by atoms with Gasteiger partial charge in [-0.2, -0.15) is 0 Å². The van der Waals surface area contributed by atoms with Crippen molar-refractivity contribution in [3.05, 3.63) is 65.7 Å². The molecule has 2 aliphatic heterocycles. The zero-order valence-corrected chi connectivity index (χ0v) is 34.4. The van der Waals surface area contributed by atoms with E-state index in [4.69, 9.17) is 9.47 Å². The monoisotopic (exact) mass is 832 g/mol. The highest BCUT2D eigenvalue weighted by atomic mass is 16.5. The molecule has 324 valence electrons. The summed E-state index contributed by atoms with van der Waals surface area (Å²) in [6.07, 6.45) is 1.77. The number of nitrogens with zero attached hydrogens (tertiary/aromatic N) is 2. The van der Waals surface area contributed by atoms with Crippen LogP contribution in [0.15, 0.2) is 54.6 Å². The minimum Gasteiger partial charge on any atom is -0.493 e. The molecule has 1 saturated carbocycles. The van der Waals surface area contributed by atoms with Crippen molar-refractivity contribution in [1.82, 2.24) is 31.1 Å². The second kappa shape index (κ2) is 21.4. The molecule has 17 heteroatoms. The highest BCUT2D eigenvalue weighted by Crippen LogP contribution is 2.33. The first-order chi connectivity index (χ1) is 28.7. The fraction of sp³-hybridized carbons (Fsp3) is 0.535. The van der Waals surface area contributed by atoms with Crippen LogP contribution in [0, 0.1) is 11.8 Å². The molecule has 17 nitrogen and oxygen atoms in total. The molecule has 2 aromatic carbocycles. The van der Waals surface area contributed by atoms with Crippen molar-refractivity contribution in [2.24, 2.45) is 11.8 Å². The summed E-state index contributed by atoms with van der Waals surface area (Å²) in [7, 11) is 3.09. The molecule has 4 bridgehead atoms. The van der Waals surface area contributed by atoms with E-state index in [1.165, 1.54) is 9.80 Å². The molecule has 0 radical (unpaired) electrons. The molecule has 5 rings (SSSR count). The molecular formula is C43H56N6O11. The van der Waals surface area contributed by atoms with E-state index in [1.54, 1.807) is 75.6 Å². The molecule has 5 N–H and O–H groups in total. The number of carboxylic acids is 1. The molecule has 0 spiro atoms. The Kier molecular flexibility index (Phi) is 16.2. The van der Waals surface area contributed by atoms with Gasteiger partial charge in [-0.1, -0.05) is 55.8 Å². The summed E-state index contributed by atoms with van der Waals surface area (Å²) in [5, 5.41) is 20.1. The van der Waals surface area contributed by atoms with Gasteiger partial charge in [-0.05, 0) is 61.3 Å². The van der Waals surface area contributed by atoms with E-state index < -0.39 is 95.8 Å². The molecule has 1 saturated heterocycles. The highest BCUT2D eigenvalue weighted by Gasteiger charge is 2.46. The zero-order chi connectivity index (χ0) is 43.3. The van der Waals surface area contributed by atoms with Crippen LogP contribution in [0.3, 0.4) is 0 Å². The normalized spacial score (nSPS) is 23.2. The minimum absolute atomic E-state index is 0.00987. The summed E-state index contributed by atoms with van der Waals surface area (Å²) in [6, 6.07) is 11.1. The van der Waals surface area contributed by atoms with Crippen molar-refractivity contribution < 1.29 is 52.9 Å². The average Bonchev–Trinajstić information content (AvgIpc) is 3.67. The van der Waals surface area contributed by atoms with Crippen LogP contribution in [-0.2, 0) is 49.5 Å². The standard InChI is InChI=1S/C43H56N6O11/c1-4-10-32(38(52)40(54)44-24-35(51)47-36(41(55)48(2)3)27-12-6-5-7-13-27)45-39(53)33-23-31-25-49(33)42(56)37(28-15-17-29(18-16-28)43(57)58)46-34(50)22-26-11-8-14-30(21-26)59-19-9-20-60-31/h5-8,11-14,21,28-29,31-33,36-37H,4,9-10,15-20,22-25H2,1-3H3,(H,44,54)(H,45,53)(H,46,50)(H,47,51)(H,57,58)/t28?,29?,31-,32?,33+,36+,37?/m1/s1. The Labute approximate surface area is 349 Å². The van der Waals surface area contributed by atoms with Gasteiger partial charge in [0, 0.05) is 33.5 Å². The lowest BCUT2D eigenvalue weighted by Crippen LogP contribution is -2.58. The maximum Gasteiger partial charge on any atom is 0.306 e. The summed E-state index contributed by atoms with van der Waals surface area (Å²) < 4.78 is 12.0. The molecule has 2 heterocycles. The lowest BCUT2D eigenvalue weighted by atomic mass is 9.78. The minimum atomic E-state index is -1.30. The number of nitrogens with one attached hydrogen (secondary N) is 4.